The second kappa shape index (κ2) is 8.70. The van der Waals surface area contributed by atoms with Crippen LogP contribution in [0.15, 0.2) is 17.1 Å². The predicted molar refractivity (Wildman–Crippen MR) is 100 cm³/mol. The summed E-state index contributed by atoms with van der Waals surface area (Å²) in [5.41, 5.74) is 4.60. The van der Waals surface area contributed by atoms with Crippen LogP contribution in [0.1, 0.15) is 6.42 Å². The summed E-state index contributed by atoms with van der Waals surface area (Å²) in [6.07, 6.45) is -1.54. The number of hydrogen-bond donors (Lipinski definition) is 6. The summed E-state index contributed by atoms with van der Waals surface area (Å²) >= 11 is 1.69. The van der Waals surface area contributed by atoms with Gasteiger partial charge in [-0.15, -0.1) is 0 Å². The first-order valence-electron chi connectivity index (χ1n) is 7.21. The molecule has 1 saturated heterocycles. The monoisotopic (exact) mass is 593 g/mol. The molecule has 0 aliphatic carbocycles. The maximum atomic E-state index is 12.0. The maximum absolute atomic E-state index is 12.0. The summed E-state index contributed by atoms with van der Waals surface area (Å²) in [5, 5.41) is 10.1. The highest BCUT2D eigenvalue weighted by Gasteiger charge is 2.48. The molecule has 16 nitrogen and oxygen atoms in total. The number of aliphatic hydroxyl groups excluding tert-OH is 1. The fourth-order valence-corrected chi connectivity index (χ4v) is 6.36. The Balaban J connectivity index is 2.05. The number of alkyl halides is 1. The van der Waals surface area contributed by atoms with E-state index in [0.717, 1.165) is 4.57 Å². The molecule has 1 aliphatic heterocycles. The Morgan fingerprint density at radius 1 is 1.28 bits per heavy atom. The molecule has 166 valence electrons. The molecule has 5 atom stereocenters. The van der Waals surface area contributed by atoms with E-state index in [-0.39, 0.29) is 12.2 Å². The zero-order chi connectivity index (χ0) is 22.3. The normalized spacial score (nSPS) is 29.3. The molecule has 0 radical (unpaired) electrons. The van der Waals surface area contributed by atoms with Crippen molar-refractivity contribution in [3.63, 3.8) is 0 Å². The van der Waals surface area contributed by atoms with E-state index >= 15 is 0 Å². The first kappa shape index (κ1) is 25.0. The number of nitrogen functional groups attached to an aromatic ring is 1. The quantitative estimate of drug-likeness (QED) is 0.125. The van der Waals surface area contributed by atoms with Gasteiger partial charge in [-0.3, -0.25) is 9.09 Å². The minimum atomic E-state index is -5.67. The molecule has 20 heteroatoms. The van der Waals surface area contributed by atoms with E-state index in [1.54, 1.807) is 22.6 Å². The number of aliphatic hydroxyl groups is 1. The molecule has 0 aromatic carbocycles. The zero-order valence-electron chi connectivity index (χ0n) is 13.9. The lowest BCUT2D eigenvalue weighted by Crippen LogP contribution is -2.37. The number of phosphoric acid groups is 3. The number of anilines is 1. The summed E-state index contributed by atoms with van der Waals surface area (Å²) in [4.78, 5) is 50.9. The fourth-order valence-electron chi connectivity index (χ4n) is 2.19. The van der Waals surface area contributed by atoms with Crippen molar-refractivity contribution in [2.75, 3.05) is 12.3 Å². The number of halogens is 1. The lowest BCUT2D eigenvalue weighted by Gasteiger charge is -2.24. The van der Waals surface area contributed by atoms with E-state index in [1.165, 1.54) is 12.3 Å². The van der Waals surface area contributed by atoms with Crippen LogP contribution in [0.4, 0.5) is 5.82 Å². The van der Waals surface area contributed by atoms with Gasteiger partial charge in [0.25, 0.3) is 0 Å². The number of rotatable bonds is 8. The number of nitrogens with zero attached hydrogens (tertiary/aromatic N) is 2. The fraction of sp³-hybridized carbons (Fsp3) is 0.556. The highest BCUT2D eigenvalue weighted by atomic mass is 127. The van der Waals surface area contributed by atoms with Gasteiger partial charge in [0, 0.05) is 12.6 Å². The Bertz CT molecular complexity index is 966. The highest BCUT2D eigenvalue weighted by Crippen LogP contribution is 2.66. The van der Waals surface area contributed by atoms with E-state index in [4.69, 9.17) is 25.2 Å². The Morgan fingerprint density at radius 2 is 1.90 bits per heavy atom. The van der Waals surface area contributed by atoms with E-state index in [0.29, 0.717) is 0 Å². The number of phosphoric ester groups is 1. The van der Waals surface area contributed by atoms with E-state index in [1.807, 2.05) is 0 Å². The van der Waals surface area contributed by atoms with Crippen LogP contribution in [0.25, 0.3) is 0 Å². The first-order chi connectivity index (χ1) is 13.0. The van der Waals surface area contributed by atoms with Crippen molar-refractivity contribution in [2.45, 2.75) is 22.4 Å². The molecular weight excluding hydrogens is 578 g/mol. The average Bonchev–Trinajstić information content (AvgIpc) is 2.76. The van der Waals surface area contributed by atoms with E-state index in [9.17, 15) is 28.5 Å². The molecule has 2 rings (SSSR count). The topological polar surface area (TPSA) is 250 Å². The number of hydrogen-bond acceptors (Lipinski definition) is 11. The third kappa shape index (κ3) is 7.14. The van der Waals surface area contributed by atoms with Crippen LogP contribution < -0.4 is 11.4 Å². The Morgan fingerprint density at radius 3 is 2.45 bits per heavy atom. The van der Waals surface area contributed by atoms with Gasteiger partial charge in [0.05, 0.1) is 12.7 Å². The lowest BCUT2D eigenvalue weighted by atomic mass is 10.2. The summed E-state index contributed by atoms with van der Waals surface area (Å²) in [6, 6.07) is 1.30. The Labute approximate surface area is 175 Å². The molecule has 2 heterocycles. The van der Waals surface area contributed by atoms with Crippen LogP contribution in [0.3, 0.4) is 0 Å². The molecule has 29 heavy (non-hydrogen) atoms. The van der Waals surface area contributed by atoms with Gasteiger partial charge in [-0.1, -0.05) is 0 Å². The van der Waals surface area contributed by atoms with Gasteiger partial charge >= 0.3 is 29.2 Å². The standard InChI is InChI=1S/C9H15IN3O13P3/c10-9(13-2-1-7(11)12-8(13)15)3-5(14)6(24-9)4-23-28(19,20)26-29(21,22)25-27(16,17)18/h1-2,5-6,14H,3-4H2,(H,19,20)(H,21,22)(H2,11,12,15)(H2,16,17,18)/t5-,6+,9-/m0/s1. The molecular formula is C9H15IN3O13P3. The first-order valence-corrected chi connectivity index (χ1v) is 12.8. The van der Waals surface area contributed by atoms with Crippen molar-refractivity contribution in [1.29, 1.82) is 0 Å². The summed E-state index contributed by atoms with van der Waals surface area (Å²) in [5.74, 6) is -0.0472. The largest absolute Gasteiger partial charge is 0.490 e. The molecule has 0 amide bonds. The molecule has 0 bridgehead atoms. The van der Waals surface area contributed by atoms with E-state index < -0.39 is 51.7 Å². The van der Waals surface area contributed by atoms with Crippen LogP contribution >= 0.6 is 46.1 Å². The molecule has 0 saturated carbocycles. The van der Waals surface area contributed by atoms with Gasteiger partial charge in [-0.05, 0) is 28.7 Å². The number of nitrogens with two attached hydrogens (primary N) is 1. The van der Waals surface area contributed by atoms with Crippen LogP contribution in [0, 0.1) is 0 Å². The van der Waals surface area contributed by atoms with Gasteiger partial charge in [-0.2, -0.15) is 13.6 Å². The van der Waals surface area contributed by atoms with E-state index in [2.05, 4.69) is 18.1 Å². The highest BCUT2D eigenvalue weighted by molar-refractivity contribution is 14.1. The van der Waals surface area contributed by atoms with Gasteiger partial charge < -0.3 is 35.2 Å². The van der Waals surface area contributed by atoms with Crippen molar-refractivity contribution >= 4 is 51.9 Å². The third-order valence-corrected chi connectivity index (χ3v) is 8.24. The zero-order valence-corrected chi connectivity index (χ0v) is 18.8. The van der Waals surface area contributed by atoms with Gasteiger partial charge in [0.1, 0.15) is 11.9 Å². The second-order valence-corrected chi connectivity index (χ2v) is 11.6. The van der Waals surface area contributed by atoms with Gasteiger partial charge in [0.15, 0.2) is 0 Å². The van der Waals surface area contributed by atoms with Crippen molar-refractivity contribution in [3.05, 3.63) is 22.7 Å². The second-order valence-electron chi connectivity index (χ2n) is 5.51. The molecule has 0 spiro atoms. The van der Waals surface area contributed by atoms with Crippen LogP contribution in [0.2, 0.25) is 0 Å². The molecule has 1 aliphatic rings. The number of aromatic nitrogens is 2. The van der Waals surface area contributed by atoms with Crippen LogP contribution in [-0.2, 0) is 35.3 Å². The van der Waals surface area contributed by atoms with Gasteiger partial charge in [-0.25, -0.2) is 18.5 Å². The lowest BCUT2D eigenvalue weighted by molar-refractivity contribution is -0.0543. The average molecular weight is 593 g/mol. The van der Waals surface area contributed by atoms with Crippen LogP contribution in [0.5, 0.6) is 0 Å². The molecule has 7 N–H and O–H groups in total. The maximum Gasteiger partial charge on any atom is 0.490 e. The molecule has 1 aromatic rings. The van der Waals surface area contributed by atoms with Gasteiger partial charge in [0.2, 0.25) is 3.73 Å². The van der Waals surface area contributed by atoms with Crippen LogP contribution in [-0.4, -0.2) is 53.0 Å². The smallest absolute Gasteiger partial charge is 0.390 e. The molecule has 1 fully saturated rings. The molecule has 1 aromatic heterocycles. The SMILES string of the molecule is Nc1ccn([C@@]2(I)C[C@H](O)[C@@H](COP(=O)(O)OP(=O)(O)OP(=O)(O)O)O2)c(=O)n1. The minimum absolute atomic E-state index is 0.0472. The van der Waals surface area contributed by atoms with Crippen molar-refractivity contribution < 1.29 is 56.3 Å². The van der Waals surface area contributed by atoms with Crippen molar-refractivity contribution in [3.8, 4) is 0 Å². The van der Waals surface area contributed by atoms with Crippen molar-refractivity contribution in [2.24, 2.45) is 0 Å². The third-order valence-electron chi connectivity index (χ3n) is 3.22. The summed E-state index contributed by atoms with van der Waals surface area (Å²) in [7, 11) is -16.6. The molecule has 2 unspecified atom stereocenters. The Hall–Kier alpha value is -0.260. The van der Waals surface area contributed by atoms with Crippen molar-refractivity contribution in [1.82, 2.24) is 9.55 Å². The number of ether oxygens (including phenoxy) is 1. The Kier molecular flexibility index (Phi) is 7.50. The minimum Gasteiger partial charge on any atom is -0.390 e. The summed E-state index contributed by atoms with van der Waals surface area (Å²) < 4.78 is 50.2. The predicted octanol–water partition coefficient (Wildman–Crippen LogP) is -0.636. The summed E-state index contributed by atoms with van der Waals surface area (Å²) in [6.45, 7) is -0.868.